The van der Waals surface area contributed by atoms with E-state index in [0.29, 0.717) is 25.7 Å². The van der Waals surface area contributed by atoms with E-state index in [4.69, 9.17) is 14.2 Å². The summed E-state index contributed by atoms with van der Waals surface area (Å²) >= 11 is 0. The summed E-state index contributed by atoms with van der Waals surface area (Å²) in [6, 6.07) is -0.178. The van der Waals surface area contributed by atoms with Crippen LogP contribution in [0.15, 0.2) is 0 Å². The second-order valence-electron chi connectivity index (χ2n) is 11.8. The van der Waals surface area contributed by atoms with Crippen LogP contribution in [-0.2, 0) is 28.6 Å². The molecule has 2 saturated heterocycles. The molecule has 0 aromatic carbocycles. The number of carbonyl (C=O) groups is 3. The minimum Gasteiger partial charge on any atom is -0.459 e. The summed E-state index contributed by atoms with van der Waals surface area (Å²) in [5.41, 5.74) is 0. The molecule has 0 radical (unpaired) electrons. The van der Waals surface area contributed by atoms with Gasteiger partial charge in [-0.1, -0.05) is 27.7 Å². The van der Waals surface area contributed by atoms with Crippen LogP contribution in [0.3, 0.4) is 0 Å². The van der Waals surface area contributed by atoms with Gasteiger partial charge in [0.25, 0.3) is 0 Å². The predicted molar refractivity (Wildman–Crippen MR) is 139 cm³/mol. The molecule has 0 aliphatic carbocycles. The van der Waals surface area contributed by atoms with E-state index in [2.05, 4.69) is 0 Å². The van der Waals surface area contributed by atoms with Gasteiger partial charge in [0.05, 0.1) is 18.3 Å². The lowest BCUT2D eigenvalue weighted by atomic mass is 9.80. The number of cyclic esters (lactones) is 1. The molecular weight excluding hydrogens is 478 g/mol. The molecule has 9 nitrogen and oxygen atoms in total. The number of nitrogens with zero attached hydrogens (tertiary/aromatic N) is 1. The molecule has 0 spiro atoms. The van der Waals surface area contributed by atoms with Crippen molar-refractivity contribution in [2.45, 2.75) is 117 Å². The van der Waals surface area contributed by atoms with E-state index >= 15 is 0 Å². The first-order chi connectivity index (χ1) is 17.1. The zero-order valence-electron chi connectivity index (χ0n) is 24.0. The summed E-state index contributed by atoms with van der Waals surface area (Å²) < 4.78 is 18.0. The number of hydrogen-bond acceptors (Lipinski definition) is 9. The van der Waals surface area contributed by atoms with Gasteiger partial charge in [0.1, 0.15) is 23.9 Å². The van der Waals surface area contributed by atoms with Gasteiger partial charge in [-0.25, -0.2) is 0 Å². The minimum absolute atomic E-state index is 0.0766. The third-order valence-corrected chi connectivity index (χ3v) is 8.26. The molecule has 9 heteroatoms. The van der Waals surface area contributed by atoms with Gasteiger partial charge in [0, 0.05) is 24.3 Å². The number of esters is 1. The molecule has 2 aliphatic heterocycles. The summed E-state index contributed by atoms with van der Waals surface area (Å²) in [7, 11) is 3.78. The van der Waals surface area contributed by atoms with Crippen molar-refractivity contribution in [1.29, 1.82) is 0 Å². The van der Waals surface area contributed by atoms with Crippen LogP contribution in [0, 0.1) is 29.6 Å². The highest BCUT2D eigenvalue weighted by Crippen LogP contribution is 2.33. The predicted octanol–water partition coefficient (Wildman–Crippen LogP) is 2.59. The number of ether oxygens (including phenoxy) is 3. The molecule has 37 heavy (non-hydrogen) atoms. The Balaban J connectivity index is 2.38. The van der Waals surface area contributed by atoms with E-state index in [1.54, 1.807) is 13.8 Å². The number of rotatable bonds is 4. The topological polar surface area (TPSA) is 123 Å². The summed E-state index contributed by atoms with van der Waals surface area (Å²) in [6.07, 6.45) is -2.59. The van der Waals surface area contributed by atoms with Crippen LogP contribution < -0.4 is 0 Å². The van der Waals surface area contributed by atoms with Crippen molar-refractivity contribution >= 4 is 17.5 Å². The van der Waals surface area contributed by atoms with Crippen LogP contribution in [0.4, 0.5) is 0 Å². The van der Waals surface area contributed by atoms with Gasteiger partial charge in [0.2, 0.25) is 0 Å². The SMILES string of the molecule is C[C@H]1C(=O)O[C@H]([C@@H](C)O)[C@H](C)CCC(=O)[C@H](C)C[C@H](C)[C@H](O[C@@H]2O[C@H](C)C[C@H](N(C)C)[C@H]2O)[C@@H](C)C1=O. The van der Waals surface area contributed by atoms with Gasteiger partial charge in [-0.05, 0) is 66.0 Å². The minimum atomic E-state index is -1.06. The molecule has 0 unspecified atom stereocenters. The Morgan fingerprint density at radius 1 is 1.00 bits per heavy atom. The monoisotopic (exact) mass is 527 g/mol. The highest BCUT2D eigenvalue weighted by Gasteiger charge is 2.44. The first-order valence-corrected chi connectivity index (χ1v) is 13.8. The van der Waals surface area contributed by atoms with E-state index in [1.807, 2.05) is 46.7 Å². The van der Waals surface area contributed by atoms with E-state index in [9.17, 15) is 24.6 Å². The average molecular weight is 528 g/mol. The Hall–Kier alpha value is -1.39. The molecule has 0 amide bonds. The Morgan fingerprint density at radius 2 is 1.62 bits per heavy atom. The van der Waals surface area contributed by atoms with E-state index in [0.717, 1.165) is 0 Å². The quantitative estimate of drug-likeness (QED) is 0.419. The highest BCUT2D eigenvalue weighted by molar-refractivity contribution is 6.00. The normalized spacial score (nSPS) is 42.3. The van der Waals surface area contributed by atoms with Crippen molar-refractivity contribution in [2.24, 2.45) is 29.6 Å². The van der Waals surface area contributed by atoms with Crippen molar-refractivity contribution in [3.63, 3.8) is 0 Å². The molecule has 2 aliphatic rings. The molecule has 0 aromatic rings. The lowest BCUT2D eigenvalue weighted by molar-refractivity contribution is -0.278. The van der Waals surface area contributed by atoms with Crippen molar-refractivity contribution < 1.29 is 38.8 Å². The smallest absolute Gasteiger partial charge is 0.316 e. The molecule has 2 rings (SSSR count). The summed E-state index contributed by atoms with van der Waals surface area (Å²) in [5.74, 6) is -3.50. The fourth-order valence-corrected chi connectivity index (χ4v) is 5.76. The second kappa shape index (κ2) is 13.6. The number of Topliss-reactive ketones (excluding diaryl/α,β-unsaturated/α-hetero) is 2. The molecule has 0 saturated carbocycles. The second-order valence-corrected chi connectivity index (χ2v) is 11.8. The van der Waals surface area contributed by atoms with Crippen LogP contribution >= 0.6 is 0 Å². The molecule has 2 fully saturated rings. The zero-order chi connectivity index (χ0) is 28.2. The van der Waals surface area contributed by atoms with E-state index in [1.165, 1.54) is 6.92 Å². The molecule has 214 valence electrons. The first-order valence-electron chi connectivity index (χ1n) is 13.8. The summed E-state index contributed by atoms with van der Waals surface area (Å²) in [5, 5.41) is 21.3. The van der Waals surface area contributed by atoms with Gasteiger partial charge < -0.3 is 29.3 Å². The fourth-order valence-electron chi connectivity index (χ4n) is 5.76. The fraction of sp³-hybridized carbons (Fsp3) is 0.893. The van der Waals surface area contributed by atoms with Crippen LogP contribution in [0.25, 0.3) is 0 Å². The molecule has 2 N–H and O–H groups in total. The third-order valence-electron chi connectivity index (χ3n) is 8.26. The maximum atomic E-state index is 13.5. The number of aliphatic hydroxyl groups excluding tert-OH is 2. The van der Waals surface area contributed by atoms with Crippen molar-refractivity contribution in [1.82, 2.24) is 4.90 Å². The van der Waals surface area contributed by atoms with Gasteiger partial charge in [-0.2, -0.15) is 0 Å². The van der Waals surface area contributed by atoms with Crippen LogP contribution in [-0.4, -0.2) is 89.6 Å². The maximum Gasteiger partial charge on any atom is 0.316 e. The molecule has 0 bridgehead atoms. The number of carbonyl (C=O) groups excluding carboxylic acids is 3. The number of ketones is 2. The van der Waals surface area contributed by atoms with Crippen molar-refractivity contribution in [2.75, 3.05) is 14.1 Å². The van der Waals surface area contributed by atoms with Crippen LogP contribution in [0.1, 0.15) is 74.1 Å². The highest BCUT2D eigenvalue weighted by atomic mass is 16.7. The van der Waals surface area contributed by atoms with Crippen molar-refractivity contribution in [3.05, 3.63) is 0 Å². The number of aliphatic hydroxyl groups is 2. The molecular formula is C28H49NO8. The molecule has 12 atom stereocenters. The van der Waals surface area contributed by atoms with Gasteiger partial charge >= 0.3 is 5.97 Å². The Morgan fingerprint density at radius 3 is 2.19 bits per heavy atom. The lowest BCUT2D eigenvalue weighted by Gasteiger charge is -2.43. The lowest BCUT2D eigenvalue weighted by Crippen LogP contribution is -2.56. The molecule has 0 aromatic heterocycles. The Bertz CT molecular complexity index is 786. The first kappa shape index (κ1) is 31.8. The Kier molecular flexibility index (Phi) is 11.7. The van der Waals surface area contributed by atoms with Gasteiger partial charge in [0.15, 0.2) is 12.1 Å². The summed E-state index contributed by atoms with van der Waals surface area (Å²) in [4.78, 5) is 41.4. The third kappa shape index (κ3) is 8.05. The average Bonchev–Trinajstić information content (AvgIpc) is 2.82. The Labute approximate surface area is 222 Å². The van der Waals surface area contributed by atoms with E-state index in [-0.39, 0.29) is 41.5 Å². The van der Waals surface area contributed by atoms with E-state index < -0.39 is 48.5 Å². The standard InChI is InChI=1S/C28H49NO8/c1-14-10-11-22(31)15(2)12-16(3)25(37-28-24(33)21(29(8)9)13-17(4)35-28)18(5)23(32)19(6)27(34)36-26(14)20(7)30/h14-21,24-26,28,30,33H,10-13H2,1-9H3/t14-,15-,16+,17-,18+,19-,20-,21+,24-,25+,26+,28+/m1/s1. The largest absolute Gasteiger partial charge is 0.459 e. The van der Waals surface area contributed by atoms with Gasteiger partial charge in [-0.3, -0.25) is 14.4 Å². The van der Waals surface area contributed by atoms with Gasteiger partial charge in [-0.15, -0.1) is 0 Å². The summed E-state index contributed by atoms with van der Waals surface area (Å²) in [6.45, 7) is 12.3. The van der Waals surface area contributed by atoms with Crippen LogP contribution in [0.2, 0.25) is 0 Å². The molecule has 2 heterocycles. The van der Waals surface area contributed by atoms with Crippen molar-refractivity contribution in [3.8, 4) is 0 Å². The maximum absolute atomic E-state index is 13.5. The van der Waals surface area contributed by atoms with Crippen LogP contribution in [0.5, 0.6) is 0 Å². The zero-order valence-corrected chi connectivity index (χ0v) is 24.0. The number of likely N-dealkylation sites (N-methyl/N-ethyl adjacent to an activating group) is 1. The number of hydrogen-bond donors (Lipinski definition) is 2.